The van der Waals surface area contributed by atoms with Gasteiger partial charge >= 0.3 is 12.1 Å². The van der Waals surface area contributed by atoms with Crippen LogP contribution in [0.3, 0.4) is 0 Å². The second-order valence-electron chi connectivity index (χ2n) is 3.87. The van der Waals surface area contributed by atoms with E-state index in [1.54, 1.807) is 38.4 Å². The summed E-state index contributed by atoms with van der Waals surface area (Å²) in [7, 11) is 6.08. The number of nitrogens with one attached hydrogen (secondary N) is 1. The zero-order valence-electron chi connectivity index (χ0n) is 10.9. The summed E-state index contributed by atoms with van der Waals surface area (Å²) in [4.78, 5) is 25.7. The Labute approximate surface area is 106 Å². The molecule has 1 rings (SSSR count). The highest BCUT2D eigenvalue weighted by Crippen LogP contribution is 2.23. The quantitative estimate of drug-likeness (QED) is 0.872. The second-order valence-corrected chi connectivity index (χ2v) is 3.87. The molecular weight excluding hydrogens is 234 g/mol. The zero-order valence-corrected chi connectivity index (χ0v) is 10.9. The minimum atomic E-state index is -0.516. The summed E-state index contributed by atoms with van der Waals surface area (Å²) in [6.07, 6.45) is 0. The van der Waals surface area contributed by atoms with E-state index in [2.05, 4.69) is 5.32 Å². The smallest absolute Gasteiger partial charge is 0.329 e. The van der Waals surface area contributed by atoms with Crippen molar-refractivity contribution in [2.75, 3.05) is 33.6 Å². The van der Waals surface area contributed by atoms with Crippen LogP contribution in [0.2, 0.25) is 0 Å². The Hall–Kier alpha value is -2.24. The van der Waals surface area contributed by atoms with Gasteiger partial charge in [0.1, 0.15) is 5.75 Å². The molecule has 18 heavy (non-hydrogen) atoms. The fourth-order valence-corrected chi connectivity index (χ4v) is 1.33. The Bertz CT molecular complexity index is 446. The first kappa shape index (κ1) is 13.8. The number of ether oxygens (including phenoxy) is 1. The molecule has 0 spiro atoms. The monoisotopic (exact) mass is 251 g/mol. The highest BCUT2D eigenvalue weighted by Gasteiger charge is 2.19. The summed E-state index contributed by atoms with van der Waals surface area (Å²) in [5.41, 5.74) is 0.517. The summed E-state index contributed by atoms with van der Waals surface area (Å²) < 4.78 is 5.11. The number of hydrogen-bond acceptors (Lipinski definition) is 3. The van der Waals surface area contributed by atoms with Crippen molar-refractivity contribution < 1.29 is 14.3 Å². The van der Waals surface area contributed by atoms with Gasteiger partial charge in [0.05, 0.1) is 12.8 Å². The number of para-hydroxylation sites is 2. The van der Waals surface area contributed by atoms with Crippen LogP contribution < -0.4 is 10.1 Å². The van der Waals surface area contributed by atoms with Gasteiger partial charge in [0, 0.05) is 21.1 Å². The Balaban J connectivity index is 2.78. The van der Waals surface area contributed by atoms with Crippen molar-refractivity contribution in [2.45, 2.75) is 0 Å². The number of rotatable bonds is 2. The number of methoxy groups -OCH3 is 1. The summed E-state index contributed by atoms with van der Waals surface area (Å²) in [6, 6.07) is 6.07. The fourth-order valence-electron chi connectivity index (χ4n) is 1.33. The molecule has 0 saturated carbocycles. The maximum absolute atomic E-state index is 11.8. The van der Waals surface area contributed by atoms with Gasteiger partial charge in [-0.15, -0.1) is 0 Å². The molecule has 6 nitrogen and oxygen atoms in total. The first-order valence-corrected chi connectivity index (χ1v) is 5.36. The number of carbonyl (C=O) groups excluding carboxylic acids is 2. The van der Waals surface area contributed by atoms with Crippen LogP contribution in [0.5, 0.6) is 5.75 Å². The van der Waals surface area contributed by atoms with E-state index in [9.17, 15) is 9.59 Å². The standard InChI is InChI=1S/C12H17N3O3/c1-14(2)12(17)15(3)11(16)13-9-7-5-6-8-10(9)18-4/h5-8H,1-4H3,(H,13,16). The van der Waals surface area contributed by atoms with Gasteiger partial charge in [-0.25, -0.2) is 14.5 Å². The molecule has 0 heterocycles. The molecule has 0 aromatic heterocycles. The Morgan fingerprint density at radius 3 is 2.33 bits per heavy atom. The number of nitrogens with zero attached hydrogens (tertiary/aromatic N) is 2. The molecule has 0 aliphatic heterocycles. The van der Waals surface area contributed by atoms with Gasteiger partial charge < -0.3 is 15.0 Å². The maximum Gasteiger partial charge on any atom is 0.329 e. The third-order valence-electron chi connectivity index (χ3n) is 2.32. The highest BCUT2D eigenvalue weighted by atomic mass is 16.5. The van der Waals surface area contributed by atoms with E-state index in [0.29, 0.717) is 11.4 Å². The Morgan fingerprint density at radius 2 is 1.78 bits per heavy atom. The molecule has 6 heteroatoms. The maximum atomic E-state index is 11.8. The molecule has 0 aliphatic rings. The lowest BCUT2D eigenvalue weighted by atomic mass is 10.3. The topological polar surface area (TPSA) is 61.9 Å². The van der Waals surface area contributed by atoms with E-state index in [1.165, 1.54) is 19.1 Å². The number of imide groups is 1. The molecule has 0 atom stereocenters. The molecule has 0 unspecified atom stereocenters. The number of urea groups is 2. The highest BCUT2D eigenvalue weighted by molar-refractivity contribution is 6.00. The van der Waals surface area contributed by atoms with Crippen LogP contribution in [0.4, 0.5) is 15.3 Å². The lowest BCUT2D eigenvalue weighted by Gasteiger charge is -2.21. The molecule has 1 aromatic rings. The summed E-state index contributed by atoms with van der Waals surface area (Å²) in [5, 5.41) is 2.61. The third-order valence-corrected chi connectivity index (χ3v) is 2.32. The number of carbonyl (C=O) groups is 2. The number of benzene rings is 1. The molecule has 98 valence electrons. The van der Waals surface area contributed by atoms with Crippen molar-refractivity contribution in [1.82, 2.24) is 9.80 Å². The molecule has 0 fully saturated rings. The minimum absolute atomic E-state index is 0.401. The summed E-state index contributed by atoms with van der Waals surface area (Å²) >= 11 is 0. The van der Waals surface area contributed by atoms with E-state index in [1.807, 2.05) is 0 Å². The molecule has 0 radical (unpaired) electrons. The molecule has 0 bridgehead atoms. The van der Waals surface area contributed by atoms with Crippen LogP contribution in [-0.2, 0) is 0 Å². The van der Waals surface area contributed by atoms with Crippen molar-refractivity contribution >= 4 is 17.7 Å². The van der Waals surface area contributed by atoms with Gasteiger partial charge in [-0.1, -0.05) is 12.1 Å². The largest absolute Gasteiger partial charge is 0.495 e. The van der Waals surface area contributed by atoms with Crippen molar-refractivity contribution in [3.63, 3.8) is 0 Å². The number of hydrogen-bond donors (Lipinski definition) is 1. The molecule has 0 aliphatic carbocycles. The van der Waals surface area contributed by atoms with Crippen LogP contribution in [0.1, 0.15) is 0 Å². The van der Waals surface area contributed by atoms with Crippen LogP contribution in [0.25, 0.3) is 0 Å². The Kier molecular flexibility index (Phi) is 4.53. The first-order valence-electron chi connectivity index (χ1n) is 5.36. The number of amides is 4. The first-order chi connectivity index (χ1) is 8.47. The Morgan fingerprint density at radius 1 is 1.17 bits per heavy atom. The summed E-state index contributed by atoms with van der Waals surface area (Å²) in [5.74, 6) is 0.538. The summed E-state index contributed by atoms with van der Waals surface area (Å²) in [6.45, 7) is 0. The predicted octanol–water partition coefficient (Wildman–Crippen LogP) is 1.84. The van der Waals surface area contributed by atoms with Crippen molar-refractivity contribution in [3.8, 4) is 5.75 Å². The van der Waals surface area contributed by atoms with E-state index < -0.39 is 12.1 Å². The van der Waals surface area contributed by atoms with Crippen molar-refractivity contribution in [1.29, 1.82) is 0 Å². The molecule has 1 aromatic carbocycles. The van der Waals surface area contributed by atoms with Gasteiger partial charge in [-0.05, 0) is 12.1 Å². The van der Waals surface area contributed by atoms with Crippen LogP contribution in [0.15, 0.2) is 24.3 Å². The van der Waals surface area contributed by atoms with Crippen LogP contribution in [0, 0.1) is 0 Å². The molecule has 1 N–H and O–H groups in total. The van der Waals surface area contributed by atoms with Crippen molar-refractivity contribution in [3.05, 3.63) is 24.3 Å². The van der Waals surface area contributed by atoms with E-state index in [0.717, 1.165) is 4.90 Å². The fraction of sp³-hybridized carbons (Fsp3) is 0.333. The zero-order chi connectivity index (χ0) is 13.7. The van der Waals surface area contributed by atoms with E-state index in [-0.39, 0.29) is 0 Å². The van der Waals surface area contributed by atoms with Crippen LogP contribution >= 0.6 is 0 Å². The van der Waals surface area contributed by atoms with Gasteiger partial charge in [0.15, 0.2) is 0 Å². The van der Waals surface area contributed by atoms with Crippen molar-refractivity contribution in [2.24, 2.45) is 0 Å². The van der Waals surface area contributed by atoms with Gasteiger partial charge in [-0.3, -0.25) is 0 Å². The van der Waals surface area contributed by atoms with E-state index >= 15 is 0 Å². The normalized spacial score (nSPS) is 9.56. The SMILES string of the molecule is COc1ccccc1NC(=O)N(C)C(=O)N(C)C. The third kappa shape index (κ3) is 3.13. The van der Waals surface area contributed by atoms with Crippen LogP contribution in [-0.4, -0.2) is 50.1 Å². The van der Waals surface area contributed by atoms with Gasteiger partial charge in [0.25, 0.3) is 0 Å². The minimum Gasteiger partial charge on any atom is -0.495 e. The molecular formula is C12H17N3O3. The number of anilines is 1. The van der Waals surface area contributed by atoms with Gasteiger partial charge in [-0.2, -0.15) is 0 Å². The predicted molar refractivity (Wildman–Crippen MR) is 68.9 cm³/mol. The average Bonchev–Trinajstić information content (AvgIpc) is 2.37. The lowest BCUT2D eigenvalue weighted by molar-refractivity contribution is 0.182. The molecule has 4 amide bonds. The molecule has 0 saturated heterocycles. The lowest BCUT2D eigenvalue weighted by Crippen LogP contribution is -2.42. The van der Waals surface area contributed by atoms with Gasteiger partial charge in [0.2, 0.25) is 0 Å². The van der Waals surface area contributed by atoms with E-state index in [4.69, 9.17) is 4.74 Å². The second kappa shape index (κ2) is 5.90. The average molecular weight is 251 g/mol.